The molecule has 0 aliphatic carbocycles. The molecule has 0 radical (unpaired) electrons. The van der Waals surface area contributed by atoms with Crippen molar-refractivity contribution < 1.29 is 9.47 Å². The molecule has 1 aliphatic rings. The number of ether oxygens (including phenoxy) is 2. The zero-order valence-electron chi connectivity index (χ0n) is 7.40. The third kappa shape index (κ3) is 1.84. The zero-order valence-corrected chi connectivity index (χ0v) is 7.40. The molecule has 0 spiro atoms. The predicted octanol–water partition coefficient (Wildman–Crippen LogP) is 0.666. The van der Waals surface area contributed by atoms with Crippen LogP contribution >= 0.6 is 0 Å². The van der Waals surface area contributed by atoms with E-state index in [9.17, 15) is 0 Å². The van der Waals surface area contributed by atoms with Crippen LogP contribution in [-0.4, -0.2) is 20.3 Å². The first-order valence-corrected chi connectivity index (χ1v) is 4.45. The molecule has 4 heteroatoms. The van der Waals surface area contributed by atoms with Gasteiger partial charge in [0, 0.05) is 24.3 Å². The average molecular weight is 177 g/mol. The van der Waals surface area contributed by atoms with Crippen LogP contribution in [0.1, 0.15) is 11.9 Å². The molecule has 1 saturated heterocycles. The van der Waals surface area contributed by atoms with Crippen LogP contribution in [0.4, 0.5) is 5.69 Å². The van der Waals surface area contributed by atoms with Crippen molar-refractivity contribution in [3.8, 4) is 0 Å². The first-order chi connectivity index (χ1) is 6.38. The van der Waals surface area contributed by atoms with Crippen LogP contribution in [0.15, 0.2) is 24.3 Å². The maximum Gasteiger partial charge on any atom is 0.185 e. The van der Waals surface area contributed by atoms with Crippen molar-refractivity contribution in [2.24, 2.45) is 0 Å². The Hall–Kier alpha value is -0.995. The first kappa shape index (κ1) is 8.60. The lowest BCUT2D eigenvalue weighted by Gasteiger charge is -2.23. The maximum absolute atomic E-state index is 5.79. The van der Waals surface area contributed by atoms with E-state index in [-0.39, 0.29) is 6.29 Å². The minimum absolute atomic E-state index is 0.269. The quantitative estimate of drug-likeness (QED) is 0.506. The van der Waals surface area contributed by atoms with E-state index in [1.54, 1.807) is 0 Å². The Morgan fingerprint density at radius 3 is 2.62 bits per heavy atom. The summed E-state index contributed by atoms with van der Waals surface area (Å²) in [6.07, 6.45) is -0.269. The molecule has 0 saturated carbocycles. The molecule has 0 unspecified atom stereocenters. The van der Waals surface area contributed by atoms with Gasteiger partial charge >= 0.3 is 0 Å². The van der Waals surface area contributed by atoms with Crippen molar-refractivity contribution in [2.45, 2.75) is 6.29 Å². The number of rotatable bonds is 1. The second-order valence-corrected chi connectivity index (χ2v) is 3.06. The molecule has 1 aliphatic heterocycles. The van der Waals surface area contributed by atoms with Crippen molar-refractivity contribution >= 4 is 13.0 Å². The normalized spacial score (nSPS) is 18.2. The molecular weight excluding hydrogens is 165 g/mol. The summed E-state index contributed by atoms with van der Waals surface area (Å²) in [4.78, 5) is 0. The number of anilines is 1. The van der Waals surface area contributed by atoms with Gasteiger partial charge in [0.15, 0.2) is 13.6 Å². The minimum atomic E-state index is -0.269. The van der Waals surface area contributed by atoms with Crippen molar-refractivity contribution in [3.05, 3.63) is 29.8 Å². The van der Waals surface area contributed by atoms with Gasteiger partial charge in [-0.3, -0.25) is 0 Å². The van der Waals surface area contributed by atoms with Gasteiger partial charge in [-0.15, -0.1) is 0 Å². The second-order valence-electron chi connectivity index (χ2n) is 3.06. The lowest BCUT2D eigenvalue weighted by molar-refractivity contribution is -0.136. The number of hydrogen-bond donors (Lipinski definition) is 1. The molecule has 68 valence electrons. The monoisotopic (exact) mass is 177 g/mol. The van der Waals surface area contributed by atoms with E-state index in [1.165, 1.54) is 0 Å². The molecule has 0 bridgehead atoms. The molecule has 2 N–H and O–H groups in total. The van der Waals surface area contributed by atoms with Crippen LogP contribution in [0.2, 0.25) is 0 Å². The summed E-state index contributed by atoms with van der Waals surface area (Å²) in [6.45, 7) is 1.50. The smallest absolute Gasteiger partial charge is 0.185 e. The number of para-hydroxylation sites is 1. The zero-order chi connectivity index (χ0) is 9.10. The summed E-state index contributed by atoms with van der Waals surface area (Å²) in [5, 5.41) is 0. The van der Waals surface area contributed by atoms with Gasteiger partial charge in [0.25, 0.3) is 0 Å². The summed E-state index contributed by atoms with van der Waals surface area (Å²) in [5.74, 6) is 0. The third-order valence-corrected chi connectivity index (χ3v) is 2.08. The van der Waals surface area contributed by atoms with Crippen molar-refractivity contribution in [2.75, 3.05) is 18.7 Å². The molecule has 1 fully saturated rings. The standard InChI is InChI=1S/C9H12BNO2/c11-8-4-2-1-3-7(8)9-12-5-10-6-13-9/h1-4,9-10H,5-6,11H2. The largest absolute Gasteiger partial charge is 0.398 e. The molecule has 1 heterocycles. The van der Waals surface area contributed by atoms with Crippen molar-refractivity contribution in [3.63, 3.8) is 0 Å². The van der Waals surface area contributed by atoms with Gasteiger partial charge in [0.1, 0.15) is 0 Å². The Kier molecular flexibility index (Phi) is 2.52. The van der Waals surface area contributed by atoms with Crippen LogP contribution in [0.5, 0.6) is 0 Å². The van der Waals surface area contributed by atoms with Crippen LogP contribution in [0.25, 0.3) is 0 Å². The van der Waals surface area contributed by atoms with Gasteiger partial charge in [-0.25, -0.2) is 0 Å². The summed E-state index contributed by atoms with van der Waals surface area (Å²) in [6, 6.07) is 7.64. The Bertz CT molecular complexity index is 287. The summed E-state index contributed by atoms with van der Waals surface area (Å²) >= 11 is 0. The number of nitrogen functional groups attached to an aromatic ring is 1. The van der Waals surface area contributed by atoms with E-state index in [1.807, 2.05) is 24.3 Å². The Morgan fingerprint density at radius 2 is 1.92 bits per heavy atom. The third-order valence-electron chi connectivity index (χ3n) is 2.08. The van der Waals surface area contributed by atoms with Gasteiger partial charge in [-0.2, -0.15) is 0 Å². The molecule has 1 aromatic carbocycles. The summed E-state index contributed by atoms with van der Waals surface area (Å²) < 4.78 is 10.9. The van der Waals surface area contributed by atoms with E-state index in [0.29, 0.717) is 0 Å². The molecule has 0 atom stereocenters. The van der Waals surface area contributed by atoms with Crippen LogP contribution in [-0.2, 0) is 9.47 Å². The van der Waals surface area contributed by atoms with E-state index < -0.39 is 0 Å². The summed E-state index contributed by atoms with van der Waals surface area (Å²) in [5.41, 5.74) is 7.45. The van der Waals surface area contributed by atoms with Gasteiger partial charge in [-0.05, 0) is 6.07 Å². The fourth-order valence-corrected chi connectivity index (χ4v) is 1.39. The second kappa shape index (κ2) is 3.81. The first-order valence-electron chi connectivity index (χ1n) is 4.45. The lowest BCUT2D eigenvalue weighted by Crippen LogP contribution is -2.24. The topological polar surface area (TPSA) is 44.5 Å². The van der Waals surface area contributed by atoms with Crippen molar-refractivity contribution in [1.29, 1.82) is 0 Å². The van der Waals surface area contributed by atoms with Crippen LogP contribution in [0.3, 0.4) is 0 Å². The average Bonchev–Trinajstić information content (AvgIpc) is 2.20. The highest BCUT2D eigenvalue weighted by molar-refractivity contribution is 6.35. The van der Waals surface area contributed by atoms with E-state index in [0.717, 1.165) is 31.5 Å². The van der Waals surface area contributed by atoms with Gasteiger partial charge in [-0.1, -0.05) is 18.2 Å². The SMILES string of the molecule is Nc1ccccc1C1OCBCO1. The predicted molar refractivity (Wildman–Crippen MR) is 52.6 cm³/mol. The molecule has 2 rings (SSSR count). The molecule has 0 amide bonds. The van der Waals surface area contributed by atoms with E-state index in [4.69, 9.17) is 15.2 Å². The van der Waals surface area contributed by atoms with Crippen LogP contribution < -0.4 is 5.73 Å². The fraction of sp³-hybridized carbons (Fsp3) is 0.333. The Labute approximate surface area is 78.1 Å². The fourth-order valence-electron chi connectivity index (χ4n) is 1.39. The number of hydrogen-bond acceptors (Lipinski definition) is 3. The van der Waals surface area contributed by atoms with Gasteiger partial charge < -0.3 is 15.2 Å². The highest BCUT2D eigenvalue weighted by atomic mass is 16.7. The highest BCUT2D eigenvalue weighted by Gasteiger charge is 2.18. The van der Waals surface area contributed by atoms with Crippen LogP contribution in [0, 0.1) is 0 Å². The Morgan fingerprint density at radius 1 is 1.23 bits per heavy atom. The lowest BCUT2D eigenvalue weighted by atomic mass is 9.81. The molecule has 13 heavy (non-hydrogen) atoms. The number of nitrogens with two attached hydrogens (primary N) is 1. The highest BCUT2D eigenvalue weighted by Crippen LogP contribution is 2.25. The van der Waals surface area contributed by atoms with Crippen molar-refractivity contribution in [1.82, 2.24) is 0 Å². The molecular formula is C9H12BNO2. The molecule has 0 aromatic heterocycles. The van der Waals surface area contributed by atoms with E-state index in [2.05, 4.69) is 0 Å². The van der Waals surface area contributed by atoms with E-state index >= 15 is 0 Å². The number of benzene rings is 1. The summed E-state index contributed by atoms with van der Waals surface area (Å²) in [7, 11) is 0.962. The Balaban J connectivity index is 2.18. The maximum atomic E-state index is 5.79. The van der Waals surface area contributed by atoms with Gasteiger partial charge in [0.05, 0.1) is 0 Å². The molecule has 1 aromatic rings. The minimum Gasteiger partial charge on any atom is -0.398 e. The molecule has 3 nitrogen and oxygen atoms in total. The van der Waals surface area contributed by atoms with Gasteiger partial charge in [0.2, 0.25) is 0 Å².